The highest BCUT2D eigenvalue weighted by Crippen LogP contribution is 2.19. The minimum absolute atomic E-state index is 0.0835. The summed E-state index contributed by atoms with van der Waals surface area (Å²) in [5.74, 6) is 1.23. The Morgan fingerprint density at radius 2 is 1.75 bits per heavy atom. The first-order chi connectivity index (χ1) is 15.1. The minimum Gasteiger partial charge on any atom is -0.497 e. The van der Waals surface area contributed by atoms with Crippen molar-refractivity contribution in [2.45, 2.75) is 58.7 Å². The van der Waals surface area contributed by atoms with E-state index >= 15 is 0 Å². The molecule has 0 fully saturated rings. The number of halogens is 1. The van der Waals surface area contributed by atoms with E-state index in [4.69, 9.17) is 9.47 Å². The van der Waals surface area contributed by atoms with Gasteiger partial charge in [0, 0.05) is 23.0 Å². The summed E-state index contributed by atoms with van der Waals surface area (Å²) in [4.78, 5) is 27.5. The van der Waals surface area contributed by atoms with Gasteiger partial charge in [0.1, 0.15) is 17.5 Å². The number of rotatable bonds is 10. The van der Waals surface area contributed by atoms with Crippen LogP contribution in [0.2, 0.25) is 0 Å². The average molecular weight is 505 g/mol. The molecule has 2 amide bonds. The first-order valence-corrected chi connectivity index (χ1v) is 11.5. The summed E-state index contributed by atoms with van der Waals surface area (Å²) in [5, 5.41) is 2.97. The van der Waals surface area contributed by atoms with Crippen LogP contribution in [0.1, 0.15) is 46.1 Å². The lowest BCUT2D eigenvalue weighted by atomic mass is 10.1. The van der Waals surface area contributed by atoms with Gasteiger partial charge in [-0.1, -0.05) is 28.1 Å². The number of amides is 2. The molecule has 0 aliphatic heterocycles. The molecular weight excluding hydrogens is 472 g/mol. The number of carbonyl (C=O) groups excluding carboxylic acids is 2. The van der Waals surface area contributed by atoms with Gasteiger partial charge >= 0.3 is 0 Å². The van der Waals surface area contributed by atoms with Gasteiger partial charge in [-0.05, 0) is 76.1 Å². The average Bonchev–Trinajstić information content (AvgIpc) is 2.73. The standard InChI is InChI=1S/C25H33BrN2O4/c1-18(24(30)27-25(2,3)4)28(17-19-8-6-9-20(26)16-19)23(29)10-7-15-32-22-13-11-21(31-5)12-14-22/h6,8-9,11-14,16,18H,7,10,15,17H2,1-5H3,(H,27,30). The molecule has 0 aliphatic rings. The fourth-order valence-corrected chi connectivity index (χ4v) is 3.56. The molecule has 0 aromatic heterocycles. The molecule has 0 saturated carbocycles. The monoisotopic (exact) mass is 504 g/mol. The second-order valence-corrected chi connectivity index (χ2v) is 9.61. The maximum atomic E-state index is 13.1. The van der Waals surface area contributed by atoms with E-state index in [2.05, 4.69) is 21.2 Å². The molecule has 0 aliphatic carbocycles. The van der Waals surface area contributed by atoms with Crippen LogP contribution in [0.5, 0.6) is 11.5 Å². The molecule has 6 nitrogen and oxygen atoms in total. The van der Waals surface area contributed by atoms with E-state index in [0.29, 0.717) is 19.6 Å². The van der Waals surface area contributed by atoms with Crippen molar-refractivity contribution in [1.82, 2.24) is 10.2 Å². The summed E-state index contributed by atoms with van der Waals surface area (Å²) >= 11 is 3.47. The van der Waals surface area contributed by atoms with Crippen LogP contribution in [-0.4, -0.2) is 42.0 Å². The summed E-state index contributed by atoms with van der Waals surface area (Å²) < 4.78 is 11.8. The number of hydrogen-bond acceptors (Lipinski definition) is 4. The Hall–Kier alpha value is -2.54. The lowest BCUT2D eigenvalue weighted by molar-refractivity contribution is -0.141. The van der Waals surface area contributed by atoms with Gasteiger partial charge in [-0.25, -0.2) is 0 Å². The lowest BCUT2D eigenvalue weighted by Gasteiger charge is -2.31. The fourth-order valence-electron chi connectivity index (χ4n) is 3.12. The molecule has 174 valence electrons. The van der Waals surface area contributed by atoms with Crippen LogP contribution in [0, 0.1) is 0 Å². The molecule has 1 atom stereocenters. The lowest BCUT2D eigenvalue weighted by Crippen LogP contribution is -2.52. The van der Waals surface area contributed by atoms with Gasteiger partial charge in [0.05, 0.1) is 13.7 Å². The van der Waals surface area contributed by atoms with Gasteiger partial charge in [-0.3, -0.25) is 9.59 Å². The van der Waals surface area contributed by atoms with E-state index < -0.39 is 6.04 Å². The minimum atomic E-state index is -0.594. The molecular formula is C25H33BrN2O4. The third-order valence-corrected chi connectivity index (χ3v) is 5.26. The second-order valence-electron chi connectivity index (χ2n) is 8.69. The third-order valence-electron chi connectivity index (χ3n) is 4.77. The highest BCUT2D eigenvalue weighted by molar-refractivity contribution is 9.10. The van der Waals surface area contributed by atoms with E-state index in [-0.39, 0.29) is 23.8 Å². The van der Waals surface area contributed by atoms with Crippen molar-refractivity contribution in [3.05, 3.63) is 58.6 Å². The number of ether oxygens (including phenoxy) is 2. The van der Waals surface area contributed by atoms with E-state index in [0.717, 1.165) is 21.5 Å². The van der Waals surface area contributed by atoms with Crippen molar-refractivity contribution in [3.63, 3.8) is 0 Å². The molecule has 0 heterocycles. The Bertz CT molecular complexity index is 894. The summed E-state index contributed by atoms with van der Waals surface area (Å²) in [6.07, 6.45) is 0.838. The Morgan fingerprint density at radius 3 is 2.34 bits per heavy atom. The van der Waals surface area contributed by atoms with Crippen LogP contribution in [0.3, 0.4) is 0 Å². The zero-order valence-corrected chi connectivity index (χ0v) is 21.1. The van der Waals surface area contributed by atoms with Crippen LogP contribution < -0.4 is 14.8 Å². The molecule has 7 heteroatoms. The number of carbonyl (C=O) groups is 2. The van der Waals surface area contributed by atoms with Crippen LogP contribution >= 0.6 is 15.9 Å². The first-order valence-electron chi connectivity index (χ1n) is 10.7. The first kappa shape index (κ1) is 25.7. The predicted molar refractivity (Wildman–Crippen MR) is 130 cm³/mol. The summed E-state index contributed by atoms with van der Waals surface area (Å²) in [6, 6.07) is 14.5. The van der Waals surface area contributed by atoms with Gasteiger partial charge in [0.25, 0.3) is 0 Å². The van der Waals surface area contributed by atoms with Crippen molar-refractivity contribution in [2.24, 2.45) is 0 Å². The molecule has 0 spiro atoms. The number of hydrogen-bond donors (Lipinski definition) is 1. The molecule has 32 heavy (non-hydrogen) atoms. The Morgan fingerprint density at radius 1 is 1.09 bits per heavy atom. The number of benzene rings is 2. The number of methoxy groups -OCH3 is 1. The maximum Gasteiger partial charge on any atom is 0.242 e. The molecule has 1 unspecified atom stereocenters. The molecule has 0 radical (unpaired) electrons. The Kier molecular flexibility index (Phi) is 9.57. The van der Waals surface area contributed by atoms with Crippen LogP contribution in [-0.2, 0) is 16.1 Å². The van der Waals surface area contributed by atoms with E-state index in [1.165, 1.54) is 0 Å². The fraction of sp³-hybridized carbons (Fsp3) is 0.440. The largest absolute Gasteiger partial charge is 0.497 e. The van der Waals surface area contributed by atoms with E-state index in [9.17, 15) is 9.59 Å². The molecule has 2 aromatic carbocycles. The smallest absolute Gasteiger partial charge is 0.242 e. The zero-order valence-electron chi connectivity index (χ0n) is 19.5. The SMILES string of the molecule is COc1ccc(OCCCC(=O)N(Cc2cccc(Br)c2)C(C)C(=O)NC(C)(C)C)cc1. The number of nitrogens with one attached hydrogen (secondary N) is 1. The molecule has 0 saturated heterocycles. The number of nitrogens with zero attached hydrogens (tertiary/aromatic N) is 1. The van der Waals surface area contributed by atoms with Crippen LogP contribution in [0.15, 0.2) is 53.0 Å². The third kappa shape index (κ3) is 8.54. The molecule has 2 rings (SSSR count). The quantitative estimate of drug-likeness (QED) is 0.464. The van der Waals surface area contributed by atoms with Gasteiger partial charge < -0.3 is 19.7 Å². The van der Waals surface area contributed by atoms with Crippen LogP contribution in [0.25, 0.3) is 0 Å². The van der Waals surface area contributed by atoms with Crippen molar-refractivity contribution >= 4 is 27.7 Å². The maximum absolute atomic E-state index is 13.1. The highest BCUT2D eigenvalue weighted by Gasteiger charge is 2.28. The Balaban J connectivity index is 2.01. The van der Waals surface area contributed by atoms with E-state index in [1.807, 2.05) is 69.3 Å². The van der Waals surface area contributed by atoms with E-state index in [1.54, 1.807) is 18.9 Å². The van der Waals surface area contributed by atoms with Crippen molar-refractivity contribution in [3.8, 4) is 11.5 Å². The topological polar surface area (TPSA) is 67.9 Å². The normalized spacial score (nSPS) is 12.1. The van der Waals surface area contributed by atoms with Gasteiger partial charge in [-0.15, -0.1) is 0 Å². The molecule has 1 N–H and O–H groups in total. The van der Waals surface area contributed by atoms with Crippen LogP contribution in [0.4, 0.5) is 0 Å². The summed E-state index contributed by atoms with van der Waals surface area (Å²) in [7, 11) is 1.62. The second kappa shape index (κ2) is 11.9. The summed E-state index contributed by atoms with van der Waals surface area (Å²) in [5.41, 5.74) is 0.583. The molecule has 2 aromatic rings. The van der Waals surface area contributed by atoms with Crippen molar-refractivity contribution < 1.29 is 19.1 Å². The van der Waals surface area contributed by atoms with Gasteiger partial charge in [-0.2, -0.15) is 0 Å². The van der Waals surface area contributed by atoms with Gasteiger partial charge in [0.2, 0.25) is 11.8 Å². The molecule has 0 bridgehead atoms. The summed E-state index contributed by atoms with van der Waals surface area (Å²) in [6.45, 7) is 8.31. The highest BCUT2D eigenvalue weighted by atomic mass is 79.9. The van der Waals surface area contributed by atoms with Crippen molar-refractivity contribution in [1.29, 1.82) is 0 Å². The Labute approximate surface area is 199 Å². The van der Waals surface area contributed by atoms with Crippen molar-refractivity contribution in [2.75, 3.05) is 13.7 Å². The predicted octanol–water partition coefficient (Wildman–Crippen LogP) is 4.95. The van der Waals surface area contributed by atoms with Gasteiger partial charge in [0.15, 0.2) is 0 Å². The zero-order chi connectivity index (χ0) is 23.7.